The molecule has 2 heterocycles. The number of benzene rings is 10. The van der Waals surface area contributed by atoms with Crippen LogP contribution < -0.4 is 30.5 Å². The monoisotopic (exact) mass is 832 g/mol. The lowest BCUT2D eigenvalue weighted by molar-refractivity contribution is 0.731. The van der Waals surface area contributed by atoms with E-state index in [-0.39, 0.29) is 0 Å². The van der Waals surface area contributed by atoms with Gasteiger partial charge in [0.25, 0.3) is 0 Å². The second-order valence-electron chi connectivity index (χ2n) is 16.7. The minimum absolute atomic E-state index is 0.547. The van der Waals surface area contributed by atoms with Crippen molar-refractivity contribution in [3.63, 3.8) is 0 Å². The first-order valence-electron chi connectivity index (χ1n) is 22.2. The van der Waals surface area contributed by atoms with Crippen LogP contribution in [0.15, 0.2) is 267 Å². The highest BCUT2D eigenvalue weighted by molar-refractivity contribution is 7.21. The van der Waals surface area contributed by atoms with Crippen molar-refractivity contribution < 1.29 is 0 Å². The molecule has 12 rings (SSSR count). The Bertz CT molecular complexity index is 2890. The minimum Gasteiger partial charge on any atom is -0.310 e. The van der Waals surface area contributed by atoms with E-state index in [0.29, 0.717) is 0 Å². The van der Waals surface area contributed by atoms with Gasteiger partial charge in [0.05, 0.1) is 28.2 Å². The van der Waals surface area contributed by atoms with Crippen molar-refractivity contribution in [3.05, 3.63) is 289 Å². The van der Waals surface area contributed by atoms with Crippen molar-refractivity contribution in [1.82, 2.24) is 0 Å². The van der Waals surface area contributed by atoms with Crippen LogP contribution in [0.1, 0.15) is 22.3 Å². The molecule has 0 spiro atoms. The SMILES string of the molecule is c1ccc(C2(c3ccccc3)c3ccccc3N(c3ccccc3-c3ccccc3N3c4ccccc4[Si](c4ccccc4)(c4ccccc4)c4ccccc43)c3ccccc32)cc1. The highest BCUT2D eigenvalue weighted by Gasteiger charge is 2.50. The summed E-state index contributed by atoms with van der Waals surface area (Å²) in [7, 11) is -2.78. The molecule has 0 saturated heterocycles. The smallest absolute Gasteiger partial charge is 0.184 e. The van der Waals surface area contributed by atoms with Gasteiger partial charge in [-0.05, 0) is 79.4 Å². The average molecular weight is 833 g/mol. The van der Waals surface area contributed by atoms with Crippen molar-refractivity contribution >= 4 is 62.9 Å². The highest BCUT2D eigenvalue weighted by Crippen LogP contribution is 2.59. The molecule has 2 nitrogen and oxygen atoms in total. The molecule has 0 amide bonds. The van der Waals surface area contributed by atoms with Crippen LogP contribution in [0.5, 0.6) is 0 Å². The first-order chi connectivity index (χ1) is 31.8. The van der Waals surface area contributed by atoms with E-state index in [1.54, 1.807) is 0 Å². The van der Waals surface area contributed by atoms with E-state index < -0.39 is 13.5 Å². The summed E-state index contributed by atoms with van der Waals surface area (Å²) in [5.74, 6) is 0. The zero-order valence-electron chi connectivity index (χ0n) is 35.3. The predicted molar refractivity (Wildman–Crippen MR) is 270 cm³/mol. The van der Waals surface area contributed by atoms with Crippen LogP contribution in [0, 0.1) is 0 Å². The molecule has 0 unspecified atom stereocenters. The van der Waals surface area contributed by atoms with Gasteiger partial charge in [-0.3, -0.25) is 0 Å². The number of rotatable bonds is 7. The third-order valence-corrected chi connectivity index (χ3v) is 18.5. The fourth-order valence-electron chi connectivity index (χ4n) is 11.1. The Labute approximate surface area is 376 Å². The third-order valence-electron chi connectivity index (χ3n) is 13.6. The van der Waals surface area contributed by atoms with Crippen LogP contribution in [0.4, 0.5) is 34.1 Å². The molecule has 0 aromatic heterocycles. The Morgan fingerprint density at radius 2 is 0.547 bits per heavy atom. The molecule has 0 bridgehead atoms. The standard InChI is InChI=1S/C61H44N2Si/c1-5-25-45(26-6-1)61(46-27-7-2-8-28-46)51-35-15-19-39-55(51)62(56-40-20-16-36-52(56)61)53-37-17-13-33-49(53)50-34-14-18-38-54(50)63-57-41-21-23-43-59(57)64(47-29-9-3-10-30-47,48-31-11-4-12-32-48)60-44-24-22-42-58(60)63/h1-44H. The van der Waals surface area contributed by atoms with Gasteiger partial charge in [0, 0.05) is 22.5 Å². The quantitative estimate of drug-likeness (QED) is 0.148. The molecule has 0 saturated carbocycles. The molecular weight excluding hydrogens is 789 g/mol. The third kappa shape index (κ3) is 5.51. The normalized spacial score (nSPS) is 14.1. The van der Waals surface area contributed by atoms with Crippen molar-refractivity contribution in [3.8, 4) is 11.1 Å². The minimum atomic E-state index is -2.78. The number of fused-ring (bicyclic) bond motifs is 4. The maximum Gasteiger partial charge on any atom is 0.184 e. The molecule has 0 aliphatic carbocycles. The fraction of sp³-hybridized carbons (Fsp3) is 0.0164. The molecule has 0 N–H and O–H groups in total. The Morgan fingerprint density at radius 3 is 0.969 bits per heavy atom. The Kier molecular flexibility index (Phi) is 9.10. The lowest BCUT2D eigenvalue weighted by atomic mass is 9.62. The average Bonchev–Trinajstić information content (AvgIpc) is 3.38. The molecule has 2 aliphatic heterocycles. The Morgan fingerprint density at radius 1 is 0.250 bits per heavy atom. The number of hydrogen-bond acceptors (Lipinski definition) is 2. The van der Waals surface area contributed by atoms with E-state index in [0.717, 1.165) is 33.9 Å². The van der Waals surface area contributed by atoms with Crippen LogP contribution >= 0.6 is 0 Å². The van der Waals surface area contributed by atoms with Crippen molar-refractivity contribution in [2.75, 3.05) is 9.80 Å². The van der Waals surface area contributed by atoms with Crippen molar-refractivity contribution in [2.24, 2.45) is 0 Å². The van der Waals surface area contributed by atoms with Crippen LogP contribution in [0.25, 0.3) is 11.1 Å². The van der Waals surface area contributed by atoms with E-state index in [1.165, 1.54) is 54.4 Å². The molecule has 0 fully saturated rings. The molecule has 302 valence electrons. The summed E-state index contributed by atoms with van der Waals surface area (Å²) >= 11 is 0. The predicted octanol–water partition coefficient (Wildman–Crippen LogP) is 12.7. The zero-order valence-corrected chi connectivity index (χ0v) is 36.3. The van der Waals surface area contributed by atoms with Gasteiger partial charge in [-0.25, -0.2) is 0 Å². The van der Waals surface area contributed by atoms with Crippen molar-refractivity contribution in [1.29, 1.82) is 0 Å². The second-order valence-corrected chi connectivity index (χ2v) is 20.5. The van der Waals surface area contributed by atoms with E-state index in [9.17, 15) is 0 Å². The molecule has 10 aromatic carbocycles. The van der Waals surface area contributed by atoms with Gasteiger partial charge in [-0.2, -0.15) is 0 Å². The summed E-state index contributed by atoms with van der Waals surface area (Å²) in [4.78, 5) is 5.06. The van der Waals surface area contributed by atoms with Gasteiger partial charge in [-0.15, -0.1) is 0 Å². The summed E-state index contributed by atoms with van der Waals surface area (Å²) in [5, 5.41) is 5.52. The van der Waals surface area contributed by atoms with Crippen molar-refractivity contribution in [2.45, 2.75) is 5.41 Å². The summed E-state index contributed by atoms with van der Waals surface area (Å²) in [6.45, 7) is 0. The van der Waals surface area contributed by atoms with E-state index in [4.69, 9.17) is 0 Å². The summed E-state index contributed by atoms with van der Waals surface area (Å²) in [5.41, 5.74) is 13.8. The molecule has 2 aliphatic rings. The number of hydrogen-bond donors (Lipinski definition) is 0. The lowest BCUT2D eigenvalue weighted by Crippen LogP contribution is -2.77. The summed E-state index contributed by atoms with van der Waals surface area (Å²) in [6.07, 6.45) is 0. The van der Waals surface area contributed by atoms with Gasteiger partial charge in [0.2, 0.25) is 0 Å². The van der Waals surface area contributed by atoms with Gasteiger partial charge in [0.15, 0.2) is 8.07 Å². The Balaban J connectivity index is 1.10. The second kappa shape index (κ2) is 15.4. The van der Waals surface area contributed by atoms with Gasteiger partial charge >= 0.3 is 0 Å². The van der Waals surface area contributed by atoms with Crippen LogP contribution in [0.3, 0.4) is 0 Å². The molecule has 0 radical (unpaired) electrons. The van der Waals surface area contributed by atoms with Gasteiger partial charge < -0.3 is 9.80 Å². The maximum atomic E-state index is 2.54. The molecule has 0 atom stereocenters. The molecule has 10 aromatic rings. The van der Waals surface area contributed by atoms with Crippen LogP contribution in [-0.2, 0) is 5.41 Å². The highest BCUT2D eigenvalue weighted by atomic mass is 28.3. The maximum absolute atomic E-state index is 2.78. The Hall–Kier alpha value is -7.98. The molecular formula is C61H44N2Si. The number of nitrogens with zero attached hydrogens (tertiary/aromatic N) is 2. The molecule has 3 heteroatoms. The topological polar surface area (TPSA) is 6.48 Å². The largest absolute Gasteiger partial charge is 0.310 e. The van der Waals surface area contributed by atoms with Gasteiger partial charge in [0.1, 0.15) is 0 Å². The zero-order chi connectivity index (χ0) is 42.5. The van der Waals surface area contributed by atoms with Crippen LogP contribution in [0.2, 0.25) is 0 Å². The molecule has 64 heavy (non-hydrogen) atoms. The fourth-order valence-corrected chi connectivity index (χ4v) is 16.2. The number of para-hydroxylation sites is 6. The first kappa shape index (κ1) is 37.8. The summed E-state index contributed by atoms with van der Waals surface area (Å²) in [6, 6.07) is 99.0. The van der Waals surface area contributed by atoms with Gasteiger partial charge in [-0.1, -0.05) is 231 Å². The number of anilines is 6. The lowest BCUT2D eigenvalue weighted by Gasteiger charge is -2.47. The van der Waals surface area contributed by atoms with E-state index in [2.05, 4.69) is 277 Å². The summed E-state index contributed by atoms with van der Waals surface area (Å²) < 4.78 is 0. The first-order valence-corrected chi connectivity index (χ1v) is 24.2. The van der Waals surface area contributed by atoms with E-state index in [1.807, 2.05) is 0 Å². The van der Waals surface area contributed by atoms with E-state index >= 15 is 0 Å². The van der Waals surface area contributed by atoms with Crippen LogP contribution in [-0.4, -0.2) is 8.07 Å².